The predicted octanol–water partition coefficient (Wildman–Crippen LogP) is 3.09. The van der Waals surface area contributed by atoms with Crippen LogP contribution >= 0.6 is 0 Å². The summed E-state index contributed by atoms with van der Waals surface area (Å²) in [5.74, 6) is 0.793. The molecule has 3 fully saturated rings. The molecule has 5 nitrogen and oxygen atoms in total. The number of hydrogen-bond acceptors (Lipinski definition) is 4. The van der Waals surface area contributed by atoms with Gasteiger partial charge in [-0.1, -0.05) is 13.0 Å². The Bertz CT molecular complexity index is 908. The highest BCUT2D eigenvalue weighted by Gasteiger charge is 2.42. The van der Waals surface area contributed by atoms with Gasteiger partial charge in [0.25, 0.3) is 5.91 Å². The van der Waals surface area contributed by atoms with E-state index in [4.69, 9.17) is 4.74 Å². The predicted molar refractivity (Wildman–Crippen MR) is 110 cm³/mol. The standard InChI is InChI=1S/C23H29N3O2/c1-3-15-4-7-21-19(9-15)20(8-14(2)24-21)23(27)25-17-10-18-13-28-22(16-5-6-16)12-26(18)11-17/h4,7-9,16-18,22H,3,5-6,10-13H2,1-2H3,(H,25,27)/t17-,18+,22-/m1/s1. The van der Waals surface area contributed by atoms with Crippen molar-refractivity contribution < 1.29 is 9.53 Å². The SMILES string of the molecule is CCc1ccc2nc(C)cc(C(=O)N[C@@H]3C[C@H]4CO[C@@H](C5CC5)CN4C3)c2c1. The smallest absolute Gasteiger partial charge is 0.252 e. The number of amides is 1. The van der Waals surface area contributed by atoms with Gasteiger partial charge in [-0.3, -0.25) is 14.7 Å². The van der Waals surface area contributed by atoms with E-state index in [2.05, 4.69) is 34.3 Å². The van der Waals surface area contributed by atoms with Crippen LogP contribution in [0, 0.1) is 12.8 Å². The molecule has 0 unspecified atom stereocenters. The lowest BCUT2D eigenvalue weighted by Gasteiger charge is -2.35. The lowest BCUT2D eigenvalue weighted by molar-refractivity contribution is -0.0581. The van der Waals surface area contributed by atoms with Crippen LogP contribution in [0.4, 0.5) is 0 Å². The molecule has 1 aromatic carbocycles. The van der Waals surface area contributed by atoms with Crippen LogP contribution in [-0.2, 0) is 11.2 Å². The highest BCUT2D eigenvalue weighted by atomic mass is 16.5. The number of ether oxygens (including phenoxy) is 1. The summed E-state index contributed by atoms with van der Waals surface area (Å²) in [6.07, 6.45) is 4.97. The van der Waals surface area contributed by atoms with Crippen molar-refractivity contribution in [2.45, 2.75) is 57.7 Å². The van der Waals surface area contributed by atoms with Gasteiger partial charge < -0.3 is 10.1 Å². The fraction of sp³-hybridized carbons (Fsp3) is 0.565. The van der Waals surface area contributed by atoms with Crippen LogP contribution in [0.3, 0.4) is 0 Å². The average molecular weight is 380 g/mol. The number of aryl methyl sites for hydroxylation is 2. The second kappa shape index (κ2) is 7.12. The largest absolute Gasteiger partial charge is 0.375 e. The summed E-state index contributed by atoms with van der Waals surface area (Å²) in [6.45, 7) is 6.86. The molecule has 3 aliphatic rings. The molecule has 2 aliphatic heterocycles. The second-order valence-corrected chi connectivity index (χ2v) is 8.74. The molecular weight excluding hydrogens is 350 g/mol. The first kappa shape index (κ1) is 18.1. The van der Waals surface area contributed by atoms with Crippen LogP contribution in [0.2, 0.25) is 0 Å². The van der Waals surface area contributed by atoms with Crippen molar-refractivity contribution in [3.8, 4) is 0 Å². The van der Waals surface area contributed by atoms with E-state index in [9.17, 15) is 4.79 Å². The Balaban J connectivity index is 1.33. The Labute approximate surface area is 166 Å². The molecule has 1 aromatic heterocycles. The van der Waals surface area contributed by atoms with Crippen molar-refractivity contribution in [1.29, 1.82) is 0 Å². The van der Waals surface area contributed by atoms with Crippen LogP contribution in [0.5, 0.6) is 0 Å². The molecule has 28 heavy (non-hydrogen) atoms. The van der Waals surface area contributed by atoms with Gasteiger partial charge in [-0.25, -0.2) is 0 Å². The van der Waals surface area contributed by atoms with Gasteiger partial charge in [0.2, 0.25) is 0 Å². The van der Waals surface area contributed by atoms with Gasteiger partial charge in [0, 0.05) is 36.3 Å². The molecule has 1 aliphatic carbocycles. The van der Waals surface area contributed by atoms with E-state index in [0.717, 1.165) is 60.6 Å². The summed E-state index contributed by atoms with van der Waals surface area (Å²) in [6, 6.07) is 8.80. The zero-order chi connectivity index (χ0) is 19.3. The Morgan fingerprint density at radius 2 is 2.14 bits per heavy atom. The minimum absolute atomic E-state index is 0.0215. The first-order valence-corrected chi connectivity index (χ1v) is 10.7. The van der Waals surface area contributed by atoms with E-state index in [1.807, 2.05) is 19.1 Å². The summed E-state index contributed by atoms with van der Waals surface area (Å²) < 4.78 is 6.09. The van der Waals surface area contributed by atoms with E-state index in [1.54, 1.807) is 0 Å². The van der Waals surface area contributed by atoms with Crippen LogP contribution in [0.25, 0.3) is 10.9 Å². The van der Waals surface area contributed by atoms with Gasteiger partial charge in [-0.2, -0.15) is 0 Å². The number of hydrogen-bond donors (Lipinski definition) is 1. The molecule has 0 spiro atoms. The molecule has 1 saturated carbocycles. The van der Waals surface area contributed by atoms with Gasteiger partial charge in [0.05, 0.1) is 23.8 Å². The maximum absolute atomic E-state index is 13.2. The van der Waals surface area contributed by atoms with Gasteiger partial charge in [-0.05, 0) is 62.3 Å². The number of rotatable bonds is 4. The lowest BCUT2D eigenvalue weighted by Crippen LogP contribution is -2.47. The first-order chi connectivity index (χ1) is 13.6. The normalized spacial score (nSPS) is 27.7. The fourth-order valence-corrected chi connectivity index (χ4v) is 4.83. The fourth-order valence-electron chi connectivity index (χ4n) is 4.83. The van der Waals surface area contributed by atoms with Crippen LogP contribution in [0.1, 0.15) is 47.8 Å². The molecule has 3 heterocycles. The van der Waals surface area contributed by atoms with Crippen molar-refractivity contribution in [1.82, 2.24) is 15.2 Å². The summed E-state index contributed by atoms with van der Waals surface area (Å²) in [5, 5.41) is 4.26. The molecular formula is C23H29N3O2. The number of carbonyl (C=O) groups is 1. The Kier molecular flexibility index (Phi) is 4.60. The number of fused-ring (bicyclic) bond motifs is 2. The van der Waals surface area contributed by atoms with Gasteiger partial charge >= 0.3 is 0 Å². The van der Waals surface area contributed by atoms with Crippen molar-refractivity contribution in [3.05, 3.63) is 41.1 Å². The maximum Gasteiger partial charge on any atom is 0.252 e. The highest BCUT2D eigenvalue weighted by molar-refractivity contribution is 6.06. The third kappa shape index (κ3) is 3.42. The molecule has 148 valence electrons. The van der Waals surface area contributed by atoms with Crippen molar-refractivity contribution >= 4 is 16.8 Å². The van der Waals surface area contributed by atoms with E-state index < -0.39 is 0 Å². The molecule has 0 radical (unpaired) electrons. The second-order valence-electron chi connectivity index (χ2n) is 8.74. The minimum Gasteiger partial charge on any atom is -0.375 e. The molecule has 5 rings (SSSR count). The van der Waals surface area contributed by atoms with E-state index >= 15 is 0 Å². The van der Waals surface area contributed by atoms with Crippen molar-refractivity contribution in [3.63, 3.8) is 0 Å². The van der Waals surface area contributed by atoms with Gasteiger partial charge in [0.15, 0.2) is 0 Å². The summed E-state index contributed by atoms with van der Waals surface area (Å²) in [4.78, 5) is 20.3. The minimum atomic E-state index is 0.0215. The maximum atomic E-state index is 13.2. The summed E-state index contributed by atoms with van der Waals surface area (Å²) in [7, 11) is 0. The zero-order valence-corrected chi connectivity index (χ0v) is 16.8. The molecule has 2 saturated heterocycles. The number of pyridine rings is 1. The topological polar surface area (TPSA) is 54.5 Å². The van der Waals surface area contributed by atoms with Crippen molar-refractivity contribution in [2.24, 2.45) is 5.92 Å². The van der Waals surface area contributed by atoms with Gasteiger partial charge in [-0.15, -0.1) is 0 Å². The molecule has 1 amide bonds. The first-order valence-electron chi connectivity index (χ1n) is 10.7. The average Bonchev–Trinajstić information content (AvgIpc) is 3.46. The summed E-state index contributed by atoms with van der Waals surface area (Å²) in [5.41, 5.74) is 3.75. The number of nitrogens with one attached hydrogen (secondary N) is 1. The van der Waals surface area contributed by atoms with Gasteiger partial charge in [0.1, 0.15) is 0 Å². The quantitative estimate of drug-likeness (QED) is 0.887. The number of morpholine rings is 1. The number of benzene rings is 1. The Hall–Kier alpha value is -1.98. The monoisotopic (exact) mass is 379 g/mol. The van der Waals surface area contributed by atoms with E-state index in [0.29, 0.717) is 12.1 Å². The third-order valence-electron chi connectivity index (χ3n) is 6.58. The highest BCUT2D eigenvalue weighted by Crippen LogP contribution is 2.38. The Morgan fingerprint density at radius 1 is 1.29 bits per heavy atom. The number of carbonyl (C=O) groups excluding carboxylic acids is 1. The number of aromatic nitrogens is 1. The Morgan fingerprint density at radius 3 is 2.93 bits per heavy atom. The summed E-state index contributed by atoms with van der Waals surface area (Å²) >= 11 is 0. The molecule has 2 aromatic rings. The van der Waals surface area contributed by atoms with Crippen molar-refractivity contribution in [2.75, 3.05) is 19.7 Å². The van der Waals surface area contributed by atoms with E-state index in [1.165, 1.54) is 18.4 Å². The zero-order valence-electron chi connectivity index (χ0n) is 16.8. The molecule has 5 heteroatoms. The van der Waals surface area contributed by atoms with Crippen LogP contribution < -0.4 is 5.32 Å². The van der Waals surface area contributed by atoms with Crippen LogP contribution in [0.15, 0.2) is 24.3 Å². The van der Waals surface area contributed by atoms with Crippen LogP contribution in [-0.4, -0.2) is 53.7 Å². The third-order valence-corrected chi connectivity index (χ3v) is 6.58. The van der Waals surface area contributed by atoms with E-state index in [-0.39, 0.29) is 11.9 Å². The molecule has 1 N–H and O–H groups in total. The lowest BCUT2D eigenvalue weighted by atomic mass is 10.0. The molecule has 0 bridgehead atoms. The molecule has 3 atom stereocenters. The number of nitrogens with zero attached hydrogens (tertiary/aromatic N) is 2.